The quantitative estimate of drug-likeness (QED) is 0.775. The van der Waals surface area contributed by atoms with Gasteiger partial charge >= 0.3 is 12.2 Å². The summed E-state index contributed by atoms with van der Waals surface area (Å²) in [6.45, 7) is 6.69. The first-order valence-corrected chi connectivity index (χ1v) is 10.5. The minimum atomic E-state index is -4.46. The van der Waals surface area contributed by atoms with E-state index in [9.17, 15) is 18.0 Å². The van der Waals surface area contributed by atoms with E-state index in [1.165, 1.54) is 12.1 Å². The Morgan fingerprint density at radius 3 is 2.41 bits per heavy atom. The summed E-state index contributed by atoms with van der Waals surface area (Å²) in [5, 5.41) is 2.56. The van der Waals surface area contributed by atoms with Gasteiger partial charge in [-0.05, 0) is 25.1 Å². The molecule has 1 aromatic carbocycles. The van der Waals surface area contributed by atoms with Gasteiger partial charge in [0, 0.05) is 56.7 Å². The molecule has 2 aliphatic rings. The molecule has 8 nitrogen and oxygen atoms in total. The van der Waals surface area contributed by atoms with E-state index in [0.29, 0.717) is 45.3 Å². The van der Waals surface area contributed by atoms with E-state index in [1.807, 2.05) is 17.9 Å². The number of carbonyl (C=O) groups is 1. The summed E-state index contributed by atoms with van der Waals surface area (Å²) in [6, 6.07) is 6.15. The molecule has 0 aliphatic carbocycles. The van der Waals surface area contributed by atoms with E-state index < -0.39 is 17.8 Å². The molecule has 2 amide bonds. The maximum Gasteiger partial charge on any atom is 0.416 e. The van der Waals surface area contributed by atoms with E-state index in [4.69, 9.17) is 9.72 Å². The molecular formula is C21H25F3N6O2. The average Bonchev–Trinajstić information content (AvgIpc) is 2.79. The highest BCUT2D eigenvalue weighted by Gasteiger charge is 2.31. The van der Waals surface area contributed by atoms with Crippen molar-refractivity contribution >= 4 is 23.5 Å². The van der Waals surface area contributed by atoms with Crippen molar-refractivity contribution in [3.63, 3.8) is 0 Å². The van der Waals surface area contributed by atoms with Crippen LogP contribution in [-0.4, -0.2) is 73.4 Å². The van der Waals surface area contributed by atoms with Crippen LogP contribution in [0.5, 0.6) is 0 Å². The number of ether oxygens (including phenoxy) is 1. The Bertz CT molecular complexity index is 957. The second kappa shape index (κ2) is 9.19. The molecule has 2 aromatic rings. The number of nitrogens with zero attached hydrogens (tertiary/aromatic N) is 5. The van der Waals surface area contributed by atoms with Crippen LogP contribution in [0.25, 0.3) is 0 Å². The number of nitrogens with one attached hydrogen (secondary N) is 1. The zero-order valence-electron chi connectivity index (χ0n) is 17.7. The Balaban J connectivity index is 1.37. The first-order valence-electron chi connectivity index (χ1n) is 10.5. The molecule has 3 heterocycles. The topological polar surface area (TPSA) is 73.8 Å². The van der Waals surface area contributed by atoms with Crippen LogP contribution >= 0.6 is 0 Å². The van der Waals surface area contributed by atoms with E-state index in [-0.39, 0.29) is 5.69 Å². The Hall–Kier alpha value is -3.08. The number of morpholine rings is 1. The number of amides is 2. The first-order chi connectivity index (χ1) is 15.3. The van der Waals surface area contributed by atoms with Gasteiger partial charge in [-0.2, -0.15) is 18.2 Å². The fourth-order valence-corrected chi connectivity index (χ4v) is 3.72. The molecule has 1 N–H and O–H groups in total. The van der Waals surface area contributed by atoms with Gasteiger partial charge in [0.25, 0.3) is 0 Å². The number of alkyl halides is 3. The number of benzene rings is 1. The van der Waals surface area contributed by atoms with E-state index in [2.05, 4.69) is 15.2 Å². The second-order valence-electron chi connectivity index (χ2n) is 7.75. The van der Waals surface area contributed by atoms with Crippen molar-refractivity contribution in [2.45, 2.75) is 13.1 Å². The molecule has 0 atom stereocenters. The number of aromatic nitrogens is 2. The molecule has 4 rings (SSSR count). The Labute approximate surface area is 184 Å². The molecule has 2 saturated heterocycles. The van der Waals surface area contributed by atoms with Crippen molar-refractivity contribution in [2.24, 2.45) is 0 Å². The fourth-order valence-electron chi connectivity index (χ4n) is 3.72. The van der Waals surface area contributed by atoms with Crippen molar-refractivity contribution < 1.29 is 22.7 Å². The summed E-state index contributed by atoms with van der Waals surface area (Å²) in [5.74, 6) is 1.48. The number of hydrogen-bond donors (Lipinski definition) is 1. The lowest BCUT2D eigenvalue weighted by Crippen LogP contribution is -2.50. The average molecular weight is 450 g/mol. The first kappa shape index (κ1) is 22.1. The van der Waals surface area contributed by atoms with Crippen LogP contribution in [0.3, 0.4) is 0 Å². The summed E-state index contributed by atoms with van der Waals surface area (Å²) in [7, 11) is 0. The summed E-state index contributed by atoms with van der Waals surface area (Å²) >= 11 is 0. The standard InChI is InChI=1S/C21H25F3N6O2/c1-15-13-18(28-9-11-32-12-10-28)27-19(25-15)29-5-7-30(8-6-29)20(31)26-17-4-2-3-16(14-17)21(22,23)24/h2-4,13-14H,5-12H2,1H3,(H,26,31). The molecule has 11 heteroatoms. The van der Waals surface area contributed by atoms with Crippen molar-refractivity contribution in [1.82, 2.24) is 14.9 Å². The predicted octanol–water partition coefficient (Wildman–Crippen LogP) is 2.99. The highest BCUT2D eigenvalue weighted by atomic mass is 19.4. The van der Waals surface area contributed by atoms with Crippen molar-refractivity contribution in [3.05, 3.63) is 41.6 Å². The highest BCUT2D eigenvalue weighted by molar-refractivity contribution is 5.89. The molecule has 32 heavy (non-hydrogen) atoms. The third-order valence-corrected chi connectivity index (χ3v) is 5.45. The number of carbonyl (C=O) groups excluding carboxylic acids is 1. The number of rotatable bonds is 3. The minimum Gasteiger partial charge on any atom is -0.378 e. The van der Waals surface area contributed by atoms with Gasteiger partial charge in [0.2, 0.25) is 5.95 Å². The molecule has 0 radical (unpaired) electrons. The number of urea groups is 1. The summed E-state index contributed by atoms with van der Waals surface area (Å²) in [6.07, 6.45) is -4.46. The fraction of sp³-hybridized carbons (Fsp3) is 0.476. The number of anilines is 3. The third kappa shape index (κ3) is 5.21. The zero-order chi connectivity index (χ0) is 22.7. The number of aryl methyl sites for hydroxylation is 1. The molecule has 1 aromatic heterocycles. The number of halogens is 3. The molecule has 0 saturated carbocycles. The van der Waals surface area contributed by atoms with E-state index in [1.54, 1.807) is 4.90 Å². The third-order valence-electron chi connectivity index (χ3n) is 5.45. The van der Waals surface area contributed by atoms with Gasteiger partial charge in [0.1, 0.15) is 5.82 Å². The van der Waals surface area contributed by atoms with E-state index >= 15 is 0 Å². The lowest BCUT2D eigenvalue weighted by atomic mass is 10.2. The van der Waals surface area contributed by atoms with Gasteiger partial charge in [0.15, 0.2) is 0 Å². The Kier molecular flexibility index (Phi) is 6.35. The van der Waals surface area contributed by atoms with Crippen LogP contribution < -0.4 is 15.1 Å². The Morgan fingerprint density at radius 1 is 1.00 bits per heavy atom. The van der Waals surface area contributed by atoms with Gasteiger partial charge in [-0.15, -0.1) is 0 Å². The largest absolute Gasteiger partial charge is 0.416 e. The smallest absolute Gasteiger partial charge is 0.378 e. The minimum absolute atomic E-state index is 0.115. The molecule has 172 valence electrons. The Morgan fingerprint density at radius 2 is 1.72 bits per heavy atom. The number of piperazine rings is 1. The van der Waals surface area contributed by atoms with Crippen LogP contribution in [0.1, 0.15) is 11.3 Å². The normalized spacial score (nSPS) is 17.4. The molecule has 2 aliphatic heterocycles. The van der Waals surface area contributed by atoms with Crippen molar-refractivity contribution in [1.29, 1.82) is 0 Å². The zero-order valence-corrected chi connectivity index (χ0v) is 17.7. The molecule has 2 fully saturated rings. The summed E-state index contributed by atoms with van der Waals surface area (Å²) in [5.41, 5.74) is 0.179. The van der Waals surface area contributed by atoms with Crippen molar-refractivity contribution in [2.75, 3.05) is 67.6 Å². The predicted molar refractivity (Wildman–Crippen MR) is 114 cm³/mol. The van der Waals surface area contributed by atoms with Gasteiger partial charge < -0.3 is 24.8 Å². The maximum absolute atomic E-state index is 12.9. The molecular weight excluding hydrogens is 425 g/mol. The SMILES string of the molecule is Cc1cc(N2CCOCC2)nc(N2CCN(C(=O)Nc3cccc(C(F)(F)F)c3)CC2)n1. The summed E-state index contributed by atoms with van der Waals surface area (Å²) < 4.78 is 44.1. The van der Waals surface area contributed by atoms with Gasteiger partial charge in [-0.1, -0.05) is 6.07 Å². The lowest BCUT2D eigenvalue weighted by molar-refractivity contribution is -0.137. The van der Waals surface area contributed by atoms with Crippen LogP contribution in [-0.2, 0) is 10.9 Å². The monoisotopic (exact) mass is 450 g/mol. The van der Waals surface area contributed by atoms with Gasteiger partial charge in [-0.3, -0.25) is 0 Å². The molecule has 0 spiro atoms. The van der Waals surface area contributed by atoms with Crippen LogP contribution in [0.15, 0.2) is 30.3 Å². The lowest BCUT2D eigenvalue weighted by Gasteiger charge is -2.35. The summed E-state index contributed by atoms with van der Waals surface area (Å²) in [4.78, 5) is 27.6. The van der Waals surface area contributed by atoms with Gasteiger partial charge in [0.05, 0.1) is 18.8 Å². The number of hydrogen-bond acceptors (Lipinski definition) is 6. The van der Waals surface area contributed by atoms with Crippen LogP contribution in [0.2, 0.25) is 0 Å². The highest BCUT2D eigenvalue weighted by Crippen LogP contribution is 2.30. The molecule has 0 unspecified atom stereocenters. The molecule has 0 bridgehead atoms. The van der Waals surface area contributed by atoms with Crippen LogP contribution in [0.4, 0.5) is 35.4 Å². The van der Waals surface area contributed by atoms with Gasteiger partial charge in [-0.25, -0.2) is 9.78 Å². The van der Waals surface area contributed by atoms with Crippen LogP contribution in [0, 0.1) is 6.92 Å². The van der Waals surface area contributed by atoms with Crippen molar-refractivity contribution in [3.8, 4) is 0 Å². The maximum atomic E-state index is 12.9. The van der Waals surface area contributed by atoms with E-state index in [0.717, 1.165) is 36.7 Å². The second-order valence-corrected chi connectivity index (χ2v) is 7.75.